The van der Waals surface area contributed by atoms with Crippen LogP contribution in [0.2, 0.25) is 18.6 Å². The first-order valence-electron chi connectivity index (χ1n) is 18.9. The molecule has 10 heteroatoms. The quantitative estimate of drug-likeness (QED) is 0.211. The molecule has 276 valence electrons. The molecule has 2 N–H and O–H groups in total. The number of para-hydroxylation sites is 2. The van der Waals surface area contributed by atoms with E-state index >= 15 is 4.79 Å². The van der Waals surface area contributed by atoms with Gasteiger partial charge in [0, 0.05) is 29.5 Å². The lowest BCUT2D eigenvalue weighted by Crippen LogP contribution is -2.55. The van der Waals surface area contributed by atoms with Gasteiger partial charge in [-0.2, -0.15) is 0 Å². The molecule has 4 heterocycles. The third-order valence-electron chi connectivity index (χ3n) is 12.7. The summed E-state index contributed by atoms with van der Waals surface area (Å²) in [5, 5.41) is 15.0. The molecule has 2 amide bonds. The molecule has 0 radical (unpaired) electrons. The molecule has 3 fully saturated rings. The predicted molar refractivity (Wildman–Crippen MR) is 211 cm³/mol. The molecule has 2 spiro atoms. The van der Waals surface area contributed by atoms with Crippen molar-refractivity contribution in [3.05, 3.63) is 114 Å². The first kappa shape index (κ1) is 35.5. The van der Waals surface area contributed by atoms with Crippen molar-refractivity contribution in [3.8, 4) is 5.75 Å². The van der Waals surface area contributed by atoms with Gasteiger partial charge in [-0.25, -0.2) is 0 Å². The van der Waals surface area contributed by atoms with Crippen LogP contribution in [-0.4, -0.2) is 70.1 Å². The summed E-state index contributed by atoms with van der Waals surface area (Å²) >= 11 is 0. The van der Waals surface area contributed by atoms with Crippen molar-refractivity contribution in [1.82, 2.24) is 5.32 Å². The average Bonchev–Trinajstić information content (AvgIpc) is 3.73. The number of aliphatic hydroxyl groups is 1. The highest BCUT2D eigenvalue weighted by Gasteiger charge is 2.66. The zero-order valence-electron chi connectivity index (χ0n) is 31.1. The number of carbonyl (C=O) groups excluding carboxylic acids is 2. The van der Waals surface area contributed by atoms with Crippen molar-refractivity contribution in [2.24, 2.45) is 5.92 Å². The summed E-state index contributed by atoms with van der Waals surface area (Å²) in [7, 11) is -0.597. The summed E-state index contributed by atoms with van der Waals surface area (Å²) in [5.74, 6) is 0.730. The minimum absolute atomic E-state index is 0.0158. The van der Waals surface area contributed by atoms with Crippen LogP contribution in [0.15, 0.2) is 103 Å². The molecule has 0 unspecified atom stereocenters. The number of benzene rings is 4. The second kappa shape index (κ2) is 13.7. The molecule has 8 rings (SSSR count). The van der Waals surface area contributed by atoms with Gasteiger partial charge in [-0.1, -0.05) is 85.9 Å². The summed E-state index contributed by atoms with van der Waals surface area (Å²) in [4.78, 5) is 35.6. The second-order valence-electron chi connectivity index (χ2n) is 15.7. The van der Waals surface area contributed by atoms with E-state index in [9.17, 15) is 9.90 Å². The molecular weight excluding hydrogens is 681 g/mol. The first-order chi connectivity index (χ1) is 25.7. The Morgan fingerprint density at radius 2 is 1.58 bits per heavy atom. The number of nitrogens with zero attached hydrogens (tertiary/aromatic N) is 3. The molecule has 4 aliphatic rings. The maximum atomic E-state index is 15.1. The van der Waals surface area contributed by atoms with Gasteiger partial charge in [0.05, 0.1) is 40.2 Å². The summed E-state index contributed by atoms with van der Waals surface area (Å²) < 4.78 is 12.5. The van der Waals surface area contributed by atoms with Crippen LogP contribution in [0.3, 0.4) is 0 Å². The van der Waals surface area contributed by atoms with E-state index in [2.05, 4.69) is 60.6 Å². The van der Waals surface area contributed by atoms with Crippen molar-refractivity contribution in [2.45, 2.75) is 68.6 Å². The first-order valence-corrected chi connectivity index (χ1v) is 22.0. The Morgan fingerprint density at radius 1 is 0.887 bits per heavy atom. The van der Waals surface area contributed by atoms with Crippen molar-refractivity contribution in [1.29, 1.82) is 0 Å². The van der Waals surface area contributed by atoms with Gasteiger partial charge in [-0.05, 0) is 85.9 Å². The molecule has 0 aliphatic carbocycles. The predicted octanol–water partition coefficient (Wildman–Crippen LogP) is 5.77. The van der Waals surface area contributed by atoms with Crippen LogP contribution in [0.5, 0.6) is 5.75 Å². The number of rotatable bonds is 9. The lowest BCUT2D eigenvalue weighted by Gasteiger charge is -2.39. The van der Waals surface area contributed by atoms with E-state index in [0.29, 0.717) is 19.6 Å². The van der Waals surface area contributed by atoms with Gasteiger partial charge in [-0.15, -0.1) is 0 Å². The van der Waals surface area contributed by atoms with E-state index in [4.69, 9.17) is 9.47 Å². The fourth-order valence-electron chi connectivity index (χ4n) is 9.99. The molecular formula is C43H50N4O5Si. The second-order valence-corrected chi connectivity index (χ2v) is 20.4. The zero-order valence-corrected chi connectivity index (χ0v) is 32.1. The molecule has 4 aromatic carbocycles. The Labute approximate surface area is 313 Å². The van der Waals surface area contributed by atoms with Crippen LogP contribution in [0.4, 0.5) is 17.1 Å². The number of nitrogens with one attached hydrogen (secondary N) is 1. The van der Waals surface area contributed by atoms with Gasteiger partial charge in [-0.3, -0.25) is 14.5 Å². The van der Waals surface area contributed by atoms with E-state index in [-0.39, 0.29) is 36.0 Å². The van der Waals surface area contributed by atoms with Crippen LogP contribution >= 0.6 is 0 Å². The molecule has 53 heavy (non-hydrogen) atoms. The molecule has 9 nitrogen and oxygen atoms in total. The molecule has 0 bridgehead atoms. The Morgan fingerprint density at radius 3 is 2.30 bits per heavy atom. The summed E-state index contributed by atoms with van der Waals surface area (Å²) in [5.41, 5.74) is 2.86. The maximum Gasteiger partial charge on any atom is 0.264 e. The minimum Gasteiger partial charge on any atom is -0.497 e. The maximum absolute atomic E-state index is 15.1. The summed E-state index contributed by atoms with van der Waals surface area (Å²) in [6.45, 7) is 9.26. The number of hydrogen-bond acceptors (Lipinski definition) is 7. The lowest BCUT2D eigenvalue weighted by atomic mass is 9.82. The third-order valence-corrected chi connectivity index (χ3v) is 17.0. The van der Waals surface area contributed by atoms with E-state index < -0.39 is 19.2 Å². The molecule has 4 aliphatic heterocycles. The van der Waals surface area contributed by atoms with Crippen molar-refractivity contribution >= 4 is 42.1 Å². The molecule has 4 atom stereocenters. The van der Waals surface area contributed by atoms with E-state index in [1.165, 1.54) is 5.19 Å². The van der Waals surface area contributed by atoms with E-state index in [0.717, 1.165) is 59.9 Å². The zero-order chi connectivity index (χ0) is 37.0. The van der Waals surface area contributed by atoms with Crippen molar-refractivity contribution in [3.63, 3.8) is 0 Å². The average molecular weight is 731 g/mol. The smallest absolute Gasteiger partial charge is 0.264 e. The third kappa shape index (κ3) is 5.61. The Bertz CT molecular complexity index is 1980. The summed E-state index contributed by atoms with van der Waals surface area (Å²) in [6.07, 6.45) is 1.66. The van der Waals surface area contributed by atoms with E-state index in [1.807, 2.05) is 82.6 Å². The minimum atomic E-state index is -2.27. The number of carbonyl (C=O) groups is 2. The largest absolute Gasteiger partial charge is 0.497 e. The number of hydrogen-bond donors (Lipinski definition) is 2. The van der Waals surface area contributed by atoms with Crippen molar-refractivity contribution < 1.29 is 24.2 Å². The molecule has 0 aromatic heterocycles. The fraction of sp³-hybridized carbons (Fsp3) is 0.395. The molecule has 4 aromatic rings. The van der Waals surface area contributed by atoms with Gasteiger partial charge >= 0.3 is 0 Å². The number of ether oxygens (including phenoxy) is 2. The highest BCUT2D eigenvalue weighted by atomic mass is 28.3. The van der Waals surface area contributed by atoms with Gasteiger partial charge in [0.25, 0.3) is 11.8 Å². The van der Waals surface area contributed by atoms with Gasteiger partial charge in [0.15, 0.2) is 5.60 Å². The van der Waals surface area contributed by atoms with Gasteiger partial charge in [0.2, 0.25) is 0 Å². The molecule has 0 saturated carbocycles. The van der Waals surface area contributed by atoms with Crippen LogP contribution in [0.25, 0.3) is 0 Å². The number of anilines is 3. The van der Waals surface area contributed by atoms with Crippen LogP contribution in [0, 0.1) is 5.92 Å². The number of piperidine rings is 1. The lowest BCUT2D eigenvalue weighted by molar-refractivity contribution is -0.146. The summed E-state index contributed by atoms with van der Waals surface area (Å²) in [6, 6.07) is 34.7. The number of fused-ring (bicyclic) bond motifs is 2. The SMILES string of the molecule is COc1ccc([Si](C)(C)[C@H]2[C@H](CCO)O[C@@]3(C(=O)N(Cc4cccc(N5CN(c6ccccc6)C6(CCNCC6)C5=O)c4)c4ccccc43)[C@@H]2C)cc1. The monoisotopic (exact) mass is 730 g/mol. The van der Waals surface area contributed by atoms with Crippen LogP contribution in [0.1, 0.15) is 37.3 Å². The number of methoxy groups -OCH3 is 1. The Kier molecular flexibility index (Phi) is 9.21. The van der Waals surface area contributed by atoms with Crippen LogP contribution < -0.4 is 29.9 Å². The van der Waals surface area contributed by atoms with E-state index in [1.54, 1.807) is 7.11 Å². The number of amides is 2. The van der Waals surface area contributed by atoms with Crippen LogP contribution in [-0.2, 0) is 26.5 Å². The number of aliphatic hydroxyl groups excluding tert-OH is 1. The van der Waals surface area contributed by atoms with Gasteiger partial charge < -0.3 is 29.7 Å². The fourth-order valence-corrected chi connectivity index (χ4v) is 14.1. The standard InChI is InChI=1S/C43H50N4O5Si/c1-30-39(53(3,4)35-19-17-34(51-2)18-20-35)38(21-26-48)52-43(30)36-15-8-9-16-37(36)45(41(43)50)28-31-11-10-14-33(27-31)46-29-47(32-12-6-5-7-13-32)42(40(46)49)22-24-44-25-23-42/h5-20,27,30,38-39,44,48H,21-26,28-29H2,1-4H3/t30-,38+,39-,43+/m1/s1. The normalized spacial score (nSPS) is 25.2. The highest BCUT2D eigenvalue weighted by Crippen LogP contribution is 2.60. The topological polar surface area (TPSA) is 94.6 Å². The Balaban J connectivity index is 1.11. The molecule has 3 saturated heterocycles. The Hall–Kier alpha value is -4.48. The van der Waals surface area contributed by atoms with Gasteiger partial charge in [0.1, 0.15) is 11.3 Å². The van der Waals surface area contributed by atoms with Crippen molar-refractivity contribution in [2.75, 3.05) is 48.2 Å². The highest BCUT2D eigenvalue weighted by molar-refractivity contribution is 6.91.